The molecule has 1 rings (SSSR count). The van der Waals surface area contributed by atoms with Crippen molar-refractivity contribution in [3.05, 3.63) is 42.0 Å². The Balaban J connectivity index is 0.00000256. The van der Waals surface area contributed by atoms with Gasteiger partial charge in [0.25, 0.3) is 5.91 Å². The summed E-state index contributed by atoms with van der Waals surface area (Å²) in [6, 6.07) is 9.89. The van der Waals surface area contributed by atoms with Crippen LogP contribution in [0.4, 0.5) is 4.48 Å². The number of nitrogens with one attached hydrogen (secondary N) is 1. The predicted octanol–water partition coefficient (Wildman–Crippen LogP) is 3.12. The van der Waals surface area contributed by atoms with Gasteiger partial charge in [-0.15, -0.1) is 4.48 Å². The SMILES string of the molecule is C/C(=C\C[C@H](C)C(=O)NF)c1ccccc1.[Ar]. The van der Waals surface area contributed by atoms with E-state index in [0.717, 1.165) is 16.7 Å². The Morgan fingerprint density at radius 1 is 1.41 bits per heavy atom. The molecule has 0 saturated carbocycles. The van der Waals surface area contributed by atoms with Gasteiger partial charge in [-0.05, 0) is 24.5 Å². The first-order chi connectivity index (χ1) is 7.65. The number of benzene rings is 1. The number of halogens is 1. The van der Waals surface area contributed by atoms with Crippen molar-refractivity contribution in [1.82, 2.24) is 5.54 Å². The molecule has 0 fully saturated rings. The minimum absolute atomic E-state index is 0. The number of carbonyl (C=O) groups is 1. The van der Waals surface area contributed by atoms with Gasteiger partial charge in [-0.3, -0.25) is 4.79 Å². The number of hydrogen-bond acceptors (Lipinski definition) is 1. The van der Waals surface area contributed by atoms with Crippen LogP contribution in [-0.4, -0.2) is 5.91 Å². The fourth-order valence-corrected chi connectivity index (χ4v) is 1.37. The minimum Gasteiger partial charge on any atom is -0.272 e. The van der Waals surface area contributed by atoms with E-state index in [0.29, 0.717) is 6.42 Å². The minimum atomic E-state index is -0.572. The average molecular weight is 261 g/mol. The Kier molecular flexibility index (Phi) is 8.48. The first-order valence-electron chi connectivity index (χ1n) is 5.27. The fraction of sp³-hybridized carbons (Fsp3) is 0.308. The molecule has 0 unspecified atom stereocenters. The molecule has 1 aromatic rings. The quantitative estimate of drug-likeness (QED) is 0.829. The Bertz CT molecular complexity index is 378. The number of carbonyl (C=O) groups excluding carboxylic acids is 1. The molecular weight excluding hydrogens is 245 g/mol. The normalized spacial score (nSPS) is 12.5. The molecule has 1 aromatic carbocycles. The molecule has 1 amide bonds. The Morgan fingerprint density at radius 2 is 2.00 bits per heavy atom. The first kappa shape index (κ1) is 16.6. The fourth-order valence-electron chi connectivity index (χ4n) is 1.37. The van der Waals surface area contributed by atoms with Gasteiger partial charge in [0.1, 0.15) is 0 Å². The molecule has 0 spiro atoms. The molecule has 0 aliphatic carbocycles. The molecule has 2 nitrogen and oxygen atoms in total. The van der Waals surface area contributed by atoms with Gasteiger partial charge in [-0.1, -0.05) is 43.3 Å². The maximum Gasteiger partial charge on any atom is 0.250 e. The Labute approximate surface area is 131 Å². The second-order valence-corrected chi connectivity index (χ2v) is 3.85. The van der Waals surface area contributed by atoms with E-state index in [1.54, 1.807) is 6.92 Å². The summed E-state index contributed by atoms with van der Waals surface area (Å²) < 4.78 is 11.9. The van der Waals surface area contributed by atoms with E-state index in [-0.39, 0.29) is 43.7 Å². The van der Waals surface area contributed by atoms with Crippen LogP contribution in [0, 0.1) is 43.7 Å². The van der Waals surface area contributed by atoms with Crippen molar-refractivity contribution in [3.63, 3.8) is 0 Å². The average Bonchev–Trinajstić information content (AvgIpc) is 2.35. The topological polar surface area (TPSA) is 29.1 Å². The van der Waals surface area contributed by atoms with E-state index in [2.05, 4.69) is 0 Å². The van der Waals surface area contributed by atoms with E-state index in [4.69, 9.17) is 0 Å². The summed E-state index contributed by atoms with van der Waals surface area (Å²) >= 11 is 0. The first-order valence-corrected chi connectivity index (χ1v) is 5.27. The predicted molar refractivity (Wildman–Crippen MR) is 63.1 cm³/mol. The summed E-state index contributed by atoms with van der Waals surface area (Å²) in [6.45, 7) is 3.68. The van der Waals surface area contributed by atoms with Crippen LogP contribution in [0.1, 0.15) is 25.8 Å². The number of rotatable bonds is 4. The largest absolute Gasteiger partial charge is 0.272 e. The van der Waals surface area contributed by atoms with E-state index in [1.807, 2.05) is 43.3 Å². The van der Waals surface area contributed by atoms with Gasteiger partial charge in [0, 0.05) is 43.7 Å². The second-order valence-electron chi connectivity index (χ2n) is 3.85. The number of allylic oxidation sites excluding steroid dienone is 2. The molecule has 0 bridgehead atoms. The molecule has 94 valence electrons. The van der Waals surface area contributed by atoms with Gasteiger partial charge < -0.3 is 0 Å². The van der Waals surface area contributed by atoms with E-state index in [1.165, 1.54) is 0 Å². The molecular formula is C13H16ArFNO. The van der Waals surface area contributed by atoms with E-state index < -0.39 is 5.91 Å². The molecule has 0 radical (unpaired) electrons. The molecule has 0 aliphatic heterocycles. The van der Waals surface area contributed by atoms with Crippen LogP contribution in [0.2, 0.25) is 0 Å². The van der Waals surface area contributed by atoms with Crippen molar-refractivity contribution in [1.29, 1.82) is 0 Å². The third-order valence-corrected chi connectivity index (χ3v) is 2.55. The second kappa shape index (κ2) is 8.67. The summed E-state index contributed by atoms with van der Waals surface area (Å²) in [6.07, 6.45) is 2.49. The van der Waals surface area contributed by atoms with Crippen LogP contribution < -0.4 is 5.54 Å². The van der Waals surface area contributed by atoms with Gasteiger partial charge in [0.15, 0.2) is 0 Å². The van der Waals surface area contributed by atoms with Crippen LogP contribution in [0.5, 0.6) is 0 Å². The van der Waals surface area contributed by atoms with Gasteiger partial charge >= 0.3 is 0 Å². The van der Waals surface area contributed by atoms with Crippen LogP contribution >= 0.6 is 0 Å². The summed E-state index contributed by atoms with van der Waals surface area (Å²) in [7, 11) is 0. The molecule has 1 N–H and O–H groups in total. The standard InChI is InChI=1S/C13H16FNO.Ar/c1-10(12-6-4-3-5-7-12)8-9-11(2)13(16)15-14;/h3-8,11H,9H2,1-2H3,(H,15,16);/b10-8+;/t11-;/m0./s1. The third kappa shape index (κ3) is 5.66. The van der Waals surface area contributed by atoms with Crippen molar-refractivity contribution < 1.29 is 47.0 Å². The van der Waals surface area contributed by atoms with E-state index in [9.17, 15) is 9.28 Å². The van der Waals surface area contributed by atoms with Crippen LogP contribution in [0.15, 0.2) is 36.4 Å². The van der Waals surface area contributed by atoms with Crippen molar-refractivity contribution >= 4 is 11.5 Å². The molecule has 0 saturated heterocycles. The molecule has 0 aromatic heterocycles. The maximum absolute atomic E-state index is 11.9. The summed E-state index contributed by atoms with van der Waals surface area (Å²) in [4.78, 5) is 10.9. The Hall–Kier alpha value is -0.380. The molecule has 1 atom stereocenters. The smallest absolute Gasteiger partial charge is 0.250 e. The van der Waals surface area contributed by atoms with Crippen molar-refractivity contribution in [2.45, 2.75) is 20.3 Å². The van der Waals surface area contributed by atoms with E-state index >= 15 is 0 Å². The molecule has 17 heavy (non-hydrogen) atoms. The Morgan fingerprint density at radius 3 is 2.53 bits per heavy atom. The summed E-state index contributed by atoms with van der Waals surface area (Å²) in [5.74, 6) is -0.916. The van der Waals surface area contributed by atoms with Crippen LogP contribution in [-0.2, 0) is 4.79 Å². The zero-order valence-electron chi connectivity index (χ0n) is 9.89. The molecule has 4 heteroatoms. The van der Waals surface area contributed by atoms with Gasteiger partial charge in [-0.2, -0.15) is 5.54 Å². The third-order valence-electron chi connectivity index (χ3n) is 2.55. The maximum atomic E-state index is 11.9. The van der Waals surface area contributed by atoms with Crippen LogP contribution in [0.25, 0.3) is 5.57 Å². The summed E-state index contributed by atoms with van der Waals surface area (Å²) in [5, 5.41) is 0. The van der Waals surface area contributed by atoms with Crippen molar-refractivity contribution in [2.24, 2.45) is 5.92 Å². The molecule has 0 aliphatic rings. The zero-order chi connectivity index (χ0) is 12.0. The van der Waals surface area contributed by atoms with Crippen LogP contribution in [0.3, 0.4) is 0 Å². The molecule has 0 heterocycles. The number of hydrogen-bond donors (Lipinski definition) is 1. The van der Waals surface area contributed by atoms with Crippen molar-refractivity contribution in [3.8, 4) is 0 Å². The zero-order valence-corrected chi connectivity index (χ0v) is 10.6. The van der Waals surface area contributed by atoms with Gasteiger partial charge in [-0.25, -0.2) is 0 Å². The van der Waals surface area contributed by atoms with Crippen molar-refractivity contribution in [2.75, 3.05) is 0 Å². The monoisotopic (exact) mass is 261 g/mol. The van der Waals surface area contributed by atoms with Gasteiger partial charge in [0.2, 0.25) is 0 Å². The number of amides is 1. The van der Waals surface area contributed by atoms with Gasteiger partial charge in [0.05, 0.1) is 0 Å². The summed E-state index contributed by atoms with van der Waals surface area (Å²) in [5.41, 5.74) is 3.38.